The Bertz CT molecular complexity index is 255. The summed E-state index contributed by atoms with van der Waals surface area (Å²) in [6.45, 7) is 6.77. The molecule has 1 atom stereocenters. The van der Waals surface area contributed by atoms with Crippen LogP contribution in [0.3, 0.4) is 0 Å². The summed E-state index contributed by atoms with van der Waals surface area (Å²) in [4.78, 5) is 4.20. The van der Waals surface area contributed by atoms with Gasteiger partial charge in [-0.3, -0.25) is 0 Å². The summed E-state index contributed by atoms with van der Waals surface area (Å²) in [6, 6.07) is 0. The first-order valence-corrected chi connectivity index (χ1v) is 4.83. The lowest BCUT2D eigenvalue weighted by Gasteiger charge is -2.16. The van der Waals surface area contributed by atoms with E-state index in [9.17, 15) is 5.11 Å². The van der Waals surface area contributed by atoms with Crippen LogP contribution < -0.4 is 0 Å². The van der Waals surface area contributed by atoms with E-state index >= 15 is 0 Å². The molecule has 0 aliphatic heterocycles. The number of nitrogens with zero attached hydrogens (tertiary/aromatic N) is 2. The van der Waals surface area contributed by atoms with Gasteiger partial charge >= 0.3 is 0 Å². The topological polar surface area (TPSA) is 38.0 Å². The van der Waals surface area contributed by atoms with Gasteiger partial charge in [0, 0.05) is 25.4 Å². The third-order valence-electron chi connectivity index (χ3n) is 2.27. The van der Waals surface area contributed by atoms with Crippen molar-refractivity contribution in [3.63, 3.8) is 0 Å². The van der Waals surface area contributed by atoms with E-state index < -0.39 is 0 Å². The normalized spacial score (nSPS) is 13.6. The predicted octanol–water partition coefficient (Wildman–Crippen LogP) is 1.46. The van der Waals surface area contributed by atoms with Gasteiger partial charge in [0.25, 0.3) is 0 Å². The predicted molar refractivity (Wildman–Crippen MR) is 52.4 cm³/mol. The van der Waals surface area contributed by atoms with Crippen molar-refractivity contribution in [1.82, 2.24) is 9.55 Å². The molecule has 0 aliphatic carbocycles. The highest BCUT2D eigenvalue weighted by atomic mass is 16.3. The number of imidazole rings is 1. The molecule has 0 fully saturated rings. The molecular weight excluding hydrogens is 164 g/mol. The molecule has 0 spiro atoms. The Hall–Kier alpha value is -0.830. The molecule has 13 heavy (non-hydrogen) atoms. The van der Waals surface area contributed by atoms with E-state index in [-0.39, 0.29) is 6.10 Å². The Morgan fingerprint density at radius 3 is 2.77 bits per heavy atom. The van der Waals surface area contributed by atoms with Gasteiger partial charge in [0.1, 0.15) is 5.82 Å². The van der Waals surface area contributed by atoms with Crippen molar-refractivity contribution < 1.29 is 5.11 Å². The van der Waals surface area contributed by atoms with Gasteiger partial charge in [-0.15, -0.1) is 0 Å². The summed E-state index contributed by atoms with van der Waals surface area (Å²) in [5.41, 5.74) is 0. The second-order valence-electron chi connectivity index (χ2n) is 3.66. The Morgan fingerprint density at radius 2 is 2.23 bits per heavy atom. The first-order valence-electron chi connectivity index (χ1n) is 4.83. The van der Waals surface area contributed by atoms with Crippen molar-refractivity contribution in [2.75, 3.05) is 0 Å². The highest BCUT2D eigenvalue weighted by molar-refractivity contribution is 4.92. The van der Waals surface area contributed by atoms with E-state index in [0.29, 0.717) is 12.5 Å². The maximum absolute atomic E-state index is 9.67. The molecule has 0 saturated heterocycles. The van der Waals surface area contributed by atoms with Gasteiger partial charge in [0.2, 0.25) is 0 Å². The minimum absolute atomic E-state index is 0.278. The van der Waals surface area contributed by atoms with Crippen LogP contribution in [-0.4, -0.2) is 20.8 Å². The molecule has 0 aliphatic rings. The van der Waals surface area contributed by atoms with E-state index in [2.05, 4.69) is 11.9 Å². The van der Waals surface area contributed by atoms with Crippen molar-refractivity contribution >= 4 is 0 Å². The van der Waals surface area contributed by atoms with Crippen LogP contribution in [0.15, 0.2) is 12.4 Å². The largest absolute Gasteiger partial charge is 0.391 e. The average Bonchev–Trinajstić information content (AvgIpc) is 2.51. The summed E-state index contributed by atoms with van der Waals surface area (Å²) >= 11 is 0. The van der Waals surface area contributed by atoms with Gasteiger partial charge in [-0.2, -0.15) is 0 Å². The lowest BCUT2D eigenvalue weighted by molar-refractivity contribution is 0.106. The van der Waals surface area contributed by atoms with Crippen LogP contribution in [0, 0.1) is 5.92 Å². The van der Waals surface area contributed by atoms with Gasteiger partial charge in [-0.25, -0.2) is 4.98 Å². The number of aliphatic hydroxyl groups excluding tert-OH is 1. The van der Waals surface area contributed by atoms with Crippen LogP contribution in [0.5, 0.6) is 0 Å². The quantitative estimate of drug-likeness (QED) is 0.765. The summed E-state index contributed by atoms with van der Waals surface area (Å²) in [5, 5.41) is 9.67. The van der Waals surface area contributed by atoms with Crippen LogP contribution in [0.2, 0.25) is 0 Å². The second kappa shape index (κ2) is 4.42. The molecule has 0 aromatic carbocycles. The van der Waals surface area contributed by atoms with Gasteiger partial charge in [-0.05, 0) is 5.92 Å². The Balaban J connectivity index is 2.62. The first-order chi connectivity index (χ1) is 6.15. The van der Waals surface area contributed by atoms with Gasteiger partial charge < -0.3 is 9.67 Å². The van der Waals surface area contributed by atoms with Gasteiger partial charge in [-0.1, -0.05) is 20.8 Å². The minimum Gasteiger partial charge on any atom is -0.391 e. The molecule has 1 unspecified atom stereocenters. The van der Waals surface area contributed by atoms with E-state index in [1.165, 1.54) is 0 Å². The fraction of sp³-hybridized carbons (Fsp3) is 0.700. The maximum atomic E-state index is 9.67. The minimum atomic E-state index is -0.278. The summed E-state index contributed by atoms with van der Waals surface area (Å²) in [6.07, 6.45) is 4.34. The van der Waals surface area contributed by atoms with E-state index in [1.54, 1.807) is 6.20 Å². The molecule has 1 rings (SSSR count). The van der Waals surface area contributed by atoms with Crippen molar-refractivity contribution in [2.45, 2.75) is 39.8 Å². The molecular formula is C10H18N2O. The zero-order valence-corrected chi connectivity index (χ0v) is 8.57. The lowest BCUT2D eigenvalue weighted by atomic mass is 10.1. The number of rotatable bonds is 4. The molecule has 1 aromatic rings. The number of hydrogen-bond acceptors (Lipinski definition) is 2. The zero-order valence-electron chi connectivity index (χ0n) is 8.57. The van der Waals surface area contributed by atoms with Crippen LogP contribution in [-0.2, 0) is 13.0 Å². The zero-order chi connectivity index (χ0) is 9.84. The smallest absolute Gasteiger partial charge is 0.108 e. The third kappa shape index (κ3) is 2.56. The molecule has 0 radical (unpaired) electrons. The molecule has 1 N–H and O–H groups in total. The number of hydrogen-bond donors (Lipinski definition) is 1. The van der Waals surface area contributed by atoms with E-state index in [1.807, 2.05) is 24.6 Å². The van der Waals surface area contributed by atoms with Crippen molar-refractivity contribution in [1.29, 1.82) is 0 Å². The first kappa shape index (κ1) is 10.3. The third-order valence-corrected chi connectivity index (χ3v) is 2.27. The van der Waals surface area contributed by atoms with Crippen molar-refractivity contribution in [2.24, 2.45) is 5.92 Å². The molecule has 0 saturated carbocycles. The van der Waals surface area contributed by atoms with Crippen molar-refractivity contribution in [3.8, 4) is 0 Å². The van der Waals surface area contributed by atoms with Crippen molar-refractivity contribution in [3.05, 3.63) is 18.2 Å². The summed E-state index contributed by atoms with van der Waals surface area (Å²) in [7, 11) is 0. The van der Waals surface area contributed by atoms with Gasteiger partial charge in [0.05, 0.1) is 6.10 Å². The SMILES string of the molecule is CCc1nccn1CC(O)C(C)C. The molecule has 0 bridgehead atoms. The van der Waals surface area contributed by atoms with E-state index in [0.717, 1.165) is 12.2 Å². The van der Waals surface area contributed by atoms with Gasteiger partial charge in [0.15, 0.2) is 0 Å². The van der Waals surface area contributed by atoms with E-state index in [4.69, 9.17) is 0 Å². The molecule has 3 heteroatoms. The number of aromatic nitrogens is 2. The maximum Gasteiger partial charge on any atom is 0.108 e. The summed E-state index contributed by atoms with van der Waals surface area (Å²) in [5.74, 6) is 1.34. The Labute approximate surface area is 79.4 Å². The molecule has 3 nitrogen and oxygen atoms in total. The van der Waals surface area contributed by atoms with Crippen LogP contribution in [0.1, 0.15) is 26.6 Å². The Kier molecular flexibility index (Phi) is 3.48. The monoisotopic (exact) mass is 182 g/mol. The highest BCUT2D eigenvalue weighted by Gasteiger charge is 2.11. The Morgan fingerprint density at radius 1 is 1.54 bits per heavy atom. The van der Waals surface area contributed by atoms with Crippen LogP contribution >= 0.6 is 0 Å². The number of aliphatic hydroxyl groups is 1. The lowest BCUT2D eigenvalue weighted by Crippen LogP contribution is -2.22. The number of aryl methyl sites for hydroxylation is 1. The molecule has 1 aromatic heterocycles. The average molecular weight is 182 g/mol. The standard InChI is InChI=1S/C10H18N2O/c1-4-10-11-5-6-12(10)7-9(13)8(2)3/h5-6,8-9,13H,4,7H2,1-3H3. The van der Waals surface area contributed by atoms with Crippen LogP contribution in [0.4, 0.5) is 0 Å². The highest BCUT2D eigenvalue weighted by Crippen LogP contribution is 2.06. The molecule has 0 amide bonds. The second-order valence-corrected chi connectivity index (χ2v) is 3.66. The fourth-order valence-electron chi connectivity index (χ4n) is 1.23. The summed E-state index contributed by atoms with van der Waals surface area (Å²) < 4.78 is 2.02. The molecule has 74 valence electrons. The van der Waals surface area contributed by atoms with Crippen LogP contribution in [0.25, 0.3) is 0 Å². The molecule has 1 heterocycles. The fourth-order valence-corrected chi connectivity index (χ4v) is 1.23.